The molecule has 4 heteroatoms. The van der Waals surface area contributed by atoms with Crippen molar-refractivity contribution in [3.05, 3.63) is 90.1 Å². The summed E-state index contributed by atoms with van der Waals surface area (Å²) in [5.74, 6) is 0.797. The second kappa shape index (κ2) is 7.36. The Labute approximate surface area is 157 Å². The van der Waals surface area contributed by atoms with E-state index in [0.717, 1.165) is 33.2 Å². The third kappa shape index (κ3) is 3.39. The topological polar surface area (TPSA) is 43.3 Å². The third-order valence-electron chi connectivity index (χ3n) is 4.41. The molecule has 0 radical (unpaired) electrons. The van der Waals surface area contributed by atoms with Crippen molar-refractivity contribution in [2.45, 2.75) is 18.0 Å². The van der Waals surface area contributed by atoms with Crippen LogP contribution in [0.15, 0.2) is 84.0 Å². The van der Waals surface area contributed by atoms with Gasteiger partial charge in [-0.3, -0.25) is 4.40 Å². The van der Waals surface area contributed by atoms with E-state index in [0.29, 0.717) is 0 Å². The van der Waals surface area contributed by atoms with Crippen LogP contribution in [0.1, 0.15) is 17.2 Å². The first-order valence-electron chi connectivity index (χ1n) is 8.70. The van der Waals surface area contributed by atoms with E-state index in [1.807, 2.05) is 24.3 Å². The maximum absolute atomic E-state index is 6.42. The smallest absolute Gasteiger partial charge is 0.138 e. The van der Waals surface area contributed by atoms with Crippen LogP contribution in [0.4, 0.5) is 0 Å². The lowest BCUT2D eigenvalue weighted by Crippen LogP contribution is -2.13. The number of fused-ring (bicyclic) bond motifs is 1. The average molecular weight is 359 g/mol. The lowest BCUT2D eigenvalue weighted by Gasteiger charge is -2.12. The Morgan fingerprint density at radius 2 is 1.69 bits per heavy atom. The van der Waals surface area contributed by atoms with Crippen molar-refractivity contribution in [3.8, 4) is 11.3 Å². The second-order valence-corrected chi connectivity index (χ2v) is 7.40. The summed E-state index contributed by atoms with van der Waals surface area (Å²) in [6, 6.07) is 24.8. The predicted octanol–water partition coefficient (Wildman–Crippen LogP) is 5.10. The Kier molecular flexibility index (Phi) is 4.78. The van der Waals surface area contributed by atoms with Crippen LogP contribution in [0, 0.1) is 6.92 Å². The molecule has 4 aromatic rings. The van der Waals surface area contributed by atoms with Gasteiger partial charge in [-0.2, -0.15) is 0 Å². The summed E-state index contributed by atoms with van der Waals surface area (Å²) in [7, 11) is 0. The standard InChI is InChI=1S/C22H21N3S/c1-16-12-13-25-20(14-16)24-21(18-10-6-3-7-11-18)22(25)26-15-19(23)17-8-4-2-5-9-17/h2-14,19H,15,23H2,1H3. The molecule has 0 bridgehead atoms. The molecule has 0 aliphatic heterocycles. The van der Waals surface area contributed by atoms with Gasteiger partial charge in [0.1, 0.15) is 16.4 Å². The Morgan fingerprint density at radius 3 is 2.42 bits per heavy atom. The summed E-state index contributed by atoms with van der Waals surface area (Å²) in [6.07, 6.45) is 2.10. The van der Waals surface area contributed by atoms with Gasteiger partial charge in [0.05, 0.1) is 0 Å². The van der Waals surface area contributed by atoms with Gasteiger partial charge in [0.25, 0.3) is 0 Å². The average Bonchev–Trinajstić information content (AvgIpc) is 3.05. The largest absolute Gasteiger partial charge is 0.323 e. The minimum absolute atomic E-state index is 0.0131. The van der Waals surface area contributed by atoms with Crippen LogP contribution in [0.3, 0.4) is 0 Å². The minimum Gasteiger partial charge on any atom is -0.323 e. The fourth-order valence-corrected chi connectivity index (χ4v) is 4.13. The Bertz CT molecular complexity index is 1010. The number of nitrogens with zero attached hydrogens (tertiary/aromatic N) is 2. The zero-order valence-electron chi connectivity index (χ0n) is 14.7. The maximum atomic E-state index is 6.42. The zero-order valence-corrected chi connectivity index (χ0v) is 15.5. The van der Waals surface area contributed by atoms with E-state index in [2.05, 4.69) is 66.1 Å². The quantitative estimate of drug-likeness (QED) is 0.504. The summed E-state index contributed by atoms with van der Waals surface area (Å²) in [6.45, 7) is 2.09. The van der Waals surface area contributed by atoms with Gasteiger partial charge in [-0.25, -0.2) is 4.98 Å². The van der Waals surface area contributed by atoms with Crippen LogP contribution < -0.4 is 5.73 Å². The molecule has 2 heterocycles. The zero-order chi connectivity index (χ0) is 17.9. The Hall–Kier alpha value is -2.56. The number of imidazole rings is 1. The molecule has 0 spiro atoms. The summed E-state index contributed by atoms with van der Waals surface area (Å²) in [5.41, 5.74) is 11.9. The van der Waals surface area contributed by atoms with E-state index in [1.54, 1.807) is 11.8 Å². The van der Waals surface area contributed by atoms with Crippen molar-refractivity contribution < 1.29 is 0 Å². The highest BCUT2D eigenvalue weighted by Gasteiger charge is 2.16. The van der Waals surface area contributed by atoms with E-state index in [-0.39, 0.29) is 6.04 Å². The summed E-state index contributed by atoms with van der Waals surface area (Å²) in [5, 5.41) is 1.14. The highest BCUT2D eigenvalue weighted by atomic mass is 32.2. The summed E-state index contributed by atoms with van der Waals surface area (Å²) >= 11 is 1.76. The van der Waals surface area contributed by atoms with E-state index < -0.39 is 0 Å². The summed E-state index contributed by atoms with van der Waals surface area (Å²) < 4.78 is 2.16. The molecule has 0 fully saturated rings. The molecule has 0 amide bonds. The number of hydrogen-bond acceptors (Lipinski definition) is 3. The fraction of sp³-hybridized carbons (Fsp3) is 0.136. The minimum atomic E-state index is -0.0131. The lowest BCUT2D eigenvalue weighted by atomic mass is 10.1. The van der Waals surface area contributed by atoms with Crippen molar-refractivity contribution >= 4 is 17.4 Å². The molecule has 1 unspecified atom stereocenters. The van der Waals surface area contributed by atoms with Crippen molar-refractivity contribution in [1.29, 1.82) is 0 Å². The molecule has 0 aliphatic rings. The first kappa shape index (κ1) is 16.9. The highest BCUT2D eigenvalue weighted by Crippen LogP contribution is 2.34. The fourth-order valence-electron chi connectivity index (χ4n) is 3.01. The molecule has 0 saturated carbocycles. The predicted molar refractivity (Wildman–Crippen MR) is 109 cm³/mol. The number of thioether (sulfide) groups is 1. The molecule has 2 aromatic heterocycles. The van der Waals surface area contributed by atoms with Crippen LogP contribution in [-0.2, 0) is 0 Å². The molecule has 4 rings (SSSR count). The molecule has 3 nitrogen and oxygen atoms in total. The number of hydrogen-bond donors (Lipinski definition) is 1. The highest BCUT2D eigenvalue weighted by molar-refractivity contribution is 7.99. The molecule has 26 heavy (non-hydrogen) atoms. The summed E-state index contributed by atoms with van der Waals surface area (Å²) in [4.78, 5) is 4.90. The van der Waals surface area contributed by atoms with Crippen LogP contribution in [0.5, 0.6) is 0 Å². The van der Waals surface area contributed by atoms with Gasteiger partial charge in [-0.05, 0) is 30.2 Å². The normalized spacial score (nSPS) is 12.4. The Morgan fingerprint density at radius 1 is 1.00 bits per heavy atom. The molecule has 2 N–H and O–H groups in total. The number of pyridine rings is 1. The number of rotatable bonds is 5. The molecule has 2 aromatic carbocycles. The van der Waals surface area contributed by atoms with Gasteiger partial charge in [-0.1, -0.05) is 60.7 Å². The molecule has 0 saturated heterocycles. The van der Waals surface area contributed by atoms with Gasteiger partial charge in [-0.15, -0.1) is 11.8 Å². The molecular formula is C22H21N3S. The van der Waals surface area contributed by atoms with Gasteiger partial charge < -0.3 is 5.73 Å². The Balaban J connectivity index is 1.71. The molecule has 130 valence electrons. The van der Waals surface area contributed by atoms with E-state index in [4.69, 9.17) is 10.7 Å². The van der Waals surface area contributed by atoms with E-state index in [9.17, 15) is 0 Å². The van der Waals surface area contributed by atoms with Crippen LogP contribution >= 0.6 is 11.8 Å². The van der Waals surface area contributed by atoms with Crippen LogP contribution in [0.2, 0.25) is 0 Å². The molecule has 0 aliphatic carbocycles. The van der Waals surface area contributed by atoms with Crippen molar-refractivity contribution in [3.63, 3.8) is 0 Å². The van der Waals surface area contributed by atoms with Crippen molar-refractivity contribution in [2.24, 2.45) is 5.73 Å². The van der Waals surface area contributed by atoms with Gasteiger partial charge in [0.15, 0.2) is 0 Å². The van der Waals surface area contributed by atoms with Gasteiger partial charge >= 0.3 is 0 Å². The van der Waals surface area contributed by atoms with Crippen LogP contribution in [-0.4, -0.2) is 15.1 Å². The van der Waals surface area contributed by atoms with Crippen molar-refractivity contribution in [2.75, 3.05) is 5.75 Å². The SMILES string of the molecule is Cc1ccn2c(SCC(N)c3ccccc3)c(-c3ccccc3)nc2c1. The number of aryl methyl sites for hydroxylation is 1. The monoisotopic (exact) mass is 359 g/mol. The maximum Gasteiger partial charge on any atom is 0.138 e. The first-order chi connectivity index (χ1) is 12.7. The third-order valence-corrected chi connectivity index (χ3v) is 5.60. The van der Waals surface area contributed by atoms with E-state index >= 15 is 0 Å². The lowest BCUT2D eigenvalue weighted by molar-refractivity contribution is 0.829. The second-order valence-electron chi connectivity index (χ2n) is 6.39. The number of nitrogens with two attached hydrogens (primary N) is 1. The van der Waals surface area contributed by atoms with Crippen LogP contribution in [0.25, 0.3) is 16.9 Å². The first-order valence-corrected chi connectivity index (χ1v) is 9.68. The van der Waals surface area contributed by atoms with Gasteiger partial charge in [0, 0.05) is 23.6 Å². The molecule has 1 atom stereocenters. The van der Waals surface area contributed by atoms with Gasteiger partial charge in [0.2, 0.25) is 0 Å². The number of benzene rings is 2. The van der Waals surface area contributed by atoms with E-state index in [1.165, 1.54) is 5.56 Å². The number of aromatic nitrogens is 2. The van der Waals surface area contributed by atoms with Crippen molar-refractivity contribution in [1.82, 2.24) is 9.38 Å². The molecular weight excluding hydrogens is 338 g/mol.